The molecule has 21 heavy (non-hydrogen) atoms. The molecular weight excluding hydrogens is 256 g/mol. The number of rotatable bonds is 8. The molecule has 1 N–H and O–H groups in total. The van der Waals surface area contributed by atoms with E-state index in [-0.39, 0.29) is 0 Å². The Hall–Kier alpha value is -0.860. The van der Waals surface area contributed by atoms with Gasteiger partial charge in [0.15, 0.2) is 0 Å². The van der Waals surface area contributed by atoms with Crippen molar-refractivity contribution >= 4 is 0 Å². The van der Waals surface area contributed by atoms with Crippen LogP contribution in [0, 0.1) is 12.3 Å². The highest BCUT2D eigenvalue weighted by atomic mass is 15.1. The zero-order valence-electron chi connectivity index (χ0n) is 14.1. The van der Waals surface area contributed by atoms with E-state index in [4.69, 9.17) is 0 Å². The van der Waals surface area contributed by atoms with Crippen molar-refractivity contribution in [3.63, 3.8) is 0 Å². The highest BCUT2D eigenvalue weighted by Gasteiger charge is 2.34. The Kier molecular flexibility index (Phi) is 6.25. The summed E-state index contributed by atoms with van der Waals surface area (Å²) in [5.41, 5.74) is 3.28. The van der Waals surface area contributed by atoms with Crippen molar-refractivity contribution in [3.8, 4) is 0 Å². The Morgan fingerprint density at radius 3 is 2.43 bits per heavy atom. The molecule has 0 radical (unpaired) electrons. The third-order valence-electron chi connectivity index (χ3n) is 4.77. The van der Waals surface area contributed by atoms with Crippen molar-refractivity contribution in [2.45, 2.75) is 52.5 Å². The molecule has 0 spiro atoms. The van der Waals surface area contributed by atoms with Gasteiger partial charge in [-0.2, -0.15) is 0 Å². The van der Waals surface area contributed by atoms with E-state index in [9.17, 15) is 0 Å². The van der Waals surface area contributed by atoms with Crippen LogP contribution in [0.25, 0.3) is 0 Å². The summed E-state index contributed by atoms with van der Waals surface area (Å²) in [5, 5.41) is 3.67. The molecule has 2 heteroatoms. The lowest BCUT2D eigenvalue weighted by Gasteiger charge is -2.34. The summed E-state index contributed by atoms with van der Waals surface area (Å²) in [4.78, 5) is 2.52. The molecule has 0 saturated heterocycles. The van der Waals surface area contributed by atoms with E-state index in [0.717, 1.165) is 13.1 Å². The minimum atomic E-state index is 0.509. The Morgan fingerprint density at radius 1 is 1.14 bits per heavy atom. The Balaban J connectivity index is 1.88. The van der Waals surface area contributed by atoms with Crippen LogP contribution in [0.2, 0.25) is 0 Å². The molecule has 0 aliphatic heterocycles. The second kappa shape index (κ2) is 7.95. The summed E-state index contributed by atoms with van der Waals surface area (Å²) in [6, 6.07) is 8.97. The van der Waals surface area contributed by atoms with Crippen molar-refractivity contribution in [2.24, 2.45) is 5.41 Å². The molecular formula is C19H32N2. The number of nitrogens with zero attached hydrogens (tertiary/aromatic N) is 1. The minimum Gasteiger partial charge on any atom is -0.316 e. The van der Waals surface area contributed by atoms with Gasteiger partial charge in [0.25, 0.3) is 0 Å². The summed E-state index contributed by atoms with van der Waals surface area (Å²) >= 11 is 0. The maximum atomic E-state index is 3.67. The molecule has 1 aliphatic rings. The molecule has 118 valence electrons. The van der Waals surface area contributed by atoms with Crippen LogP contribution in [0.1, 0.15) is 50.2 Å². The van der Waals surface area contributed by atoms with E-state index in [1.54, 1.807) is 0 Å². The van der Waals surface area contributed by atoms with Crippen molar-refractivity contribution in [1.82, 2.24) is 10.2 Å². The van der Waals surface area contributed by atoms with Gasteiger partial charge in [0.05, 0.1) is 0 Å². The summed E-state index contributed by atoms with van der Waals surface area (Å²) in [6.45, 7) is 9.04. The summed E-state index contributed by atoms with van der Waals surface area (Å²) < 4.78 is 0. The maximum absolute atomic E-state index is 3.67. The second-order valence-electron chi connectivity index (χ2n) is 7.04. The van der Waals surface area contributed by atoms with E-state index >= 15 is 0 Å². The van der Waals surface area contributed by atoms with Crippen molar-refractivity contribution in [3.05, 3.63) is 35.4 Å². The molecule has 1 saturated carbocycles. The summed E-state index contributed by atoms with van der Waals surface area (Å²) in [6.07, 6.45) is 6.83. The van der Waals surface area contributed by atoms with Crippen molar-refractivity contribution in [1.29, 1.82) is 0 Å². The van der Waals surface area contributed by atoms with Crippen LogP contribution in [-0.4, -0.2) is 31.6 Å². The quantitative estimate of drug-likeness (QED) is 0.728. The number of nitrogens with one attached hydrogen (secondary N) is 1. The van der Waals surface area contributed by atoms with Gasteiger partial charge in [-0.1, -0.05) is 49.6 Å². The molecule has 0 atom stereocenters. The molecule has 1 fully saturated rings. The van der Waals surface area contributed by atoms with Crippen LogP contribution in [-0.2, 0) is 6.54 Å². The second-order valence-corrected chi connectivity index (χ2v) is 7.04. The molecule has 1 aliphatic carbocycles. The Bertz CT molecular complexity index is 404. The van der Waals surface area contributed by atoms with Gasteiger partial charge in [0.1, 0.15) is 0 Å². The van der Waals surface area contributed by atoms with Crippen LogP contribution < -0.4 is 5.32 Å². The summed E-state index contributed by atoms with van der Waals surface area (Å²) in [5.74, 6) is 0. The predicted molar refractivity (Wildman–Crippen MR) is 91.6 cm³/mol. The SMILES string of the molecule is CCCNCC1(CN(C)Cc2ccc(C)cc2)CCCC1. The summed E-state index contributed by atoms with van der Waals surface area (Å²) in [7, 11) is 2.28. The largest absolute Gasteiger partial charge is 0.316 e. The number of hydrogen-bond acceptors (Lipinski definition) is 2. The number of benzene rings is 1. The normalized spacial score (nSPS) is 17.5. The highest BCUT2D eigenvalue weighted by Crippen LogP contribution is 2.38. The van der Waals surface area contributed by atoms with Gasteiger partial charge in [-0.05, 0) is 50.8 Å². The van der Waals surface area contributed by atoms with Gasteiger partial charge in [0.2, 0.25) is 0 Å². The fraction of sp³-hybridized carbons (Fsp3) is 0.684. The Labute approximate surface area is 130 Å². The van der Waals surface area contributed by atoms with E-state index < -0.39 is 0 Å². The molecule has 0 aromatic heterocycles. The zero-order valence-corrected chi connectivity index (χ0v) is 14.1. The first-order chi connectivity index (χ1) is 10.1. The molecule has 0 bridgehead atoms. The average molecular weight is 288 g/mol. The maximum Gasteiger partial charge on any atom is 0.0230 e. The molecule has 0 unspecified atom stereocenters. The first-order valence-corrected chi connectivity index (χ1v) is 8.58. The van der Waals surface area contributed by atoms with Crippen molar-refractivity contribution < 1.29 is 0 Å². The lowest BCUT2D eigenvalue weighted by atomic mass is 9.85. The molecule has 2 nitrogen and oxygen atoms in total. The molecule has 1 aromatic rings. The first-order valence-electron chi connectivity index (χ1n) is 8.58. The average Bonchev–Trinajstić information content (AvgIpc) is 2.90. The first kappa shape index (κ1) is 16.5. The standard InChI is InChI=1S/C19H32N2/c1-4-13-20-15-19(11-5-6-12-19)16-21(3)14-18-9-7-17(2)8-10-18/h7-10,20H,4-6,11-16H2,1-3H3. The third kappa shape index (κ3) is 5.12. The fourth-order valence-electron chi connectivity index (χ4n) is 3.68. The predicted octanol–water partition coefficient (Wildman–Crippen LogP) is 3.99. The molecule has 0 heterocycles. The van der Waals surface area contributed by atoms with Crippen molar-refractivity contribution in [2.75, 3.05) is 26.7 Å². The van der Waals surface area contributed by atoms with E-state index in [1.807, 2.05) is 0 Å². The fourth-order valence-corrected chi connectivity index (χ4v) is 3.68. The van der Waals surface area contributed by atoms with E-state index in [1.165, 1.54) is 56.3 Å². The van der Waals surface area contributed by atoms with Gasteiger partial charge >= 0.3 is 0 Å². The van der Waals surface area contributed by atoms with Gasteiger partial charge in [0, 0.05) is 19.6 Å². The zero-order chi connectivity index (χ0) is 15.1. The van der Waals surface area contributed by atoms with E-state index in [0.29, 0.717) is 5.41 Å². The van der Waals surface area contributed by atoms with Crippen LogP contribution in [0.15, 0.2) is 24.3 Å². The van der Waals surface area contributed by atoms with E-state index in [2.05, 4.69) is 55.4 Å². The van der Waals surface area contributed by atoms with Crippen LogP contribution in [0.3, 0.4) is 0 Å². The van der Waals surface area contributed by atoms with Crippen LogP contribution >= 0.6 is 0 Å². The van der Waals surface area contributed by atoms with Gasteiger partial charge in [-0.25, -0.2) is 0 Å². The highest BCUT2D eigenvalue weighted by molar-refractivity contribution is 5.21. The number of hydrogen-bond donors (Lipinski definition) is 1. The van der Waals surface area contributed by atoms with Gasteiger partial charge in [-0.15, -0.1) is 0 Å². The lowest BCUT2D eigenvalue weighted by Crippen LogP contribution is -2.41. The molecule has 1 aromatic carbocycles. The van der Waals surface area contributed by atoms with Gasteiger partial charge in [-0.3, -0.25) is 0 Å². The topological polar surface area (TPSA) is 15.3 Å². The molecule has 2 rings (SSSR count). The monoisotopic (exact) mass is 288 g/mol. The molecule has 0 amide bonds. The third-order valence-corrected chi connectivity index (χ3v) is 4.77. The number of aryl methyl sites for hydroxylation is 1. The van der Waals surface area contributed by atoms with Crippen LogP contribution in [0.4, 0.5) is 0 Å². The smallest absolute Gasteiger partial charge is 0.0230 e. The lowest BCUT2D eigenvalue weighted by molar-refractivity contribution is 0.168. The Morgan fingerprint density at radius 2 is 1.81 bits per heavy atom. The van der Waals surface area contributed by atoms with Gasteiger partial charge < -0.3 is 10.2 Å². The van der Waals surface area contributed by atoms with Crippen LogP contribution in [0.5, 0.6) is 0 Å². The minimum absolute atomic E-state index is 0.509.